The van der Waals surface area contributed by atoms with Gasteiger partial charge in [-0.25, -0.2) is 0 Å². The molecule has 0 spiro atoms. The Morgan fingerprint density at radius 3 is 2.73 bits per heavy atom. The van der Waals surface area contributed by atoms with Crippen molar-refractivity contribution in [1.82, 2.24) is 4.90 Å². The standard InChI is InChI=1S/C17H17NO3S/c1-11(15-7-4-8-22-15)16(19)18-9-12-5-2-3-6-13(12)14(10-18)17(20)21/h2-8,11,14H,9-10H2,1H3,(H,20,21). The molecular weight excluding hydrogens is 298 g/mol. The van der Waals surface area contributed by atoms with Crippen LogP contribution in [-0.4, -0.2) is 28.4 Å². The molecule has 0 fully saturated rings. The predicted octanol–water partition coefficient (Wildman–Crippen LogP) is 3.06. The van der Waals surface area contributed by atoms with E-state index in [2.05, 4.69) is 0 Å². The van der Waals surface area contributed by atoms with Gasteiger partial charge >= 0.3 is 5.97 Å². The molecule has 0 bridgehead atoms. The van der Waals surface area contributed by atoms with Crippen molar-refractivity contribution < 1.29 is 14.7 Å². The normalized spacial score (nSPS) is 18.6. The zero-order valence-corrected chi connectivity index (χ0v) is 13.0. The first-order valence-corrected chi connectivity index (χ1v) is 8.08. The minimum absolute atomic E-state index is 0.0109. The van der Waals surface area contributed by atoms with E-state index in [0.29, 0.717) is 6.54 Å². The van der Waals surface area contributed by atoms with E-state index in [-0.39, 0.29) is 18.4 Å². The van der Waals surface area contributed by atoms with Crippen molar-refractivity contribution in [2.45, 2.75) is 25.3 Å². The number of carbonyl (C=O) groups is 2. The Bertz CT molecular complexity index is 696. The van der Waals surface area contributed by atoms with Crippen LogP contribution in [0.4, 0.5) is 0 Å². The van der Waals surface area contributed by atoms with Gasteiger partial charge < -0.3 is 10.0 Å². The molecule has 5 heteroatoms. The molecule has 1 aromatic heterocycles. The Labute approximate surface area is 133 Å². The van der Waals surface area contributed by atoms with Gasteiger partial charge in [0, 0.05) is 18.0 Å². The van der Waals surface area contributed by atoms with Crippen LogP contribution in [0.5, 0.6) is 0 Å². The molecule has 1 aliphatic heterocycles. The maximum atomic E-state index is 12.7. The highest BCUT2D eigenvalue weighted by Gasteiger charge is 2.34. The van der Waals surface area contributed by atoms with Crippen LogP contribution in [0, 0.1) is 0 Å². The zero-order chi connectivity index (χ0) is 15.7. The zero-order valence-electron chi connectivity index (χ0n) is 12.2. The molecule has 1 N–H and O–H groups in total. The first-order valence-electron chi connectivity index (χ1n) is 7.20. The van der Waals surface area contributed by atoms with E-state index in [4.69, 9.17) is 0 Å². The summed E-state index contributed by atoms with van der Waals surface area (Å²) >= 11 is 1.55. The molecule has 4 nitrogen and oxygen atoms in total. The van der Waals surface area contributed by atoms with Crippen LogP contribution in [0.2, 0.25) is 0 Å². The van der Waals surface area contributed by atoms with Gasteiger partial charge in [0.25, 0.3) is 0 Å². The first kappa shape index (κ1) is 14.8. The van der Waals surface area contributed by atoms with Crippen molar-refractivity contribution in [3.8, 4) is 0 Å². The van der Waals surface area contributed by atoms with Gasteiger partial charge in [0.2, 0.25) is 5.91 Å². The summed E-state index contributed by atoms with van der Waals surface area (Å²) < 4.78 is 0. The van der Waals surface area contributed by atoms with E-state index in [1.807, 2.05) is 48.7 Å². The van der Waals surface area contributed by atoms with Crippen molar-refractivity contribution in [3.05, 3.63) is 57.8 Å². The van der Waals surface area contributed by atoms with Crippen molar-refractivity contribution in [3.63, 3.8) is 0 Å². The Balaban J connectivity index is 1.87. The van der Waals surface area contributed by atoms with Crippen LogP contribution < -0.4 is 0 Å². The van der Waals surface area contributed by atoms with Crippen molar-refractivity contribution >= 4 is 23.2 Å². The minimum Gasteiger partial charge on any atom is -0.481 e. The molecule has 0 radical (unpaired) electrons. The van der Waals surface area contributed by atoms with Crippen molar-refractivity contribution in [1.29, 1.82) is 0 Å². The number of aliphatic carboxylic acids is 1. The number of hydrogen-bond acceptors (Lipinski definition) is 3. The second-order valence-corrected chi connectivity index (χ2v) is 6.52. The fourth-order valence-electron chi connectivity index (χ4n) is 2.92. The summed E-state index contributed by atoms with van der Waals surface area (Å²) in [5.74, 6) is -1.78. The van der Waals surface area contributed by atoms with Crippen LogP contribution in [0.3, 0.4) is 0 Å². The molecule has 2 unspecified atom stereocenters. The Kier molecular flexibility index (Phi) is 3.98. The van der Waals surface area contributed by atoms with Crippen LogP contribution in [-0.2, 0) is 16.1 Å². The van der Waals surface area contributed by atoms with Gasteiger partial charge in [-0.15, -0.1) is 11.3 Å². The lowest BCUT2D eigenvalue weighted by molar-refractivity contribution is -0.141. The molecule has 3 rings (SSSR count). The summed E-state index contributed by atoms with van der Waals surface area (Å²) in [4.78, 5) is 26.9. The van der Waals surface area contributed by atoms with Gasteiger partial charge in [0.05, 0.1) is 11.8 Å². The minimum atomic E-state index is -0.881. The summed E-state index contributed by atoms with van der Waals surface area (Å²) in [5, 5.41) is 11.4. The van der Waals surface area contributed by atoms with Gasteiger partial charge in [-0.05, 0) is 29.5 Å². The van der Waals surface area contributed by atoms with Crippen LogP contribution in [0.25, 0.3) is 0 Å². The van der Waals surface area contributed by atoms with Crippen molar-refractivity contribution in [2.75, 3.05) is 6.54 Å². The largest absolute Gasteiger partial charge is 0.481 e. The quantitative estimate of drug-likeness (QED) is 0.947. The van der Waals surface area contributed by atoms with Crippen LogP contribution in [0.15, 0.2) is 41.8 Å². The van der Waals surface area contributed by atoms with Gasteiger partial charge in [-0.3, -0.25) is 9.59 Å². The van der Waals surface area contributed by atoms with Crippen LogP contribution in [0.1, 0.15) is 34.8 Å². The van der Waals surface area contributed by atoms with Gasteiger partial charge in [-0.1, -0.05) is 30.3 Å². The van der Waals surface area contributed by atoms with Crippen LogP contribution >= 0.6 is 11.3 Å². The number of carbonyl (C=O) groups excluding carboxylic acids is 1. The highest BCUT2D eigenvalue weighted by Crippen LogP contribution is 2.31. The number of hydrogen-bond donors (Lipinski definition) is 1. The molecule has 0 saturated heterocycles. The van der Waals surface area contributed by atoms with E-state index in [9.17, 15) is 14.7 Å². The molecular formula is C17H17NO3S. The lowest BCUT2D eigenvalue weighted by atomic mass is 9.89. The first-order chi connectivity index (χ1) is 10.6. The Morgan fingerprint density at radius 1 is 1.27 bits per heavy atom. The topological polar surface area (TPSA) is 57.6 Å². The second-order valence-electron chi connectivity index (χ2n) is 5.55. The Morgan fingerprint density at radius 2 is 2.05 bits per heavy atom. The monoisotopic (exact) mass is 315 g/mol. The molecule has 2 atom stereocenters. The summed E-state index contributed by atoms with van der Waals surface area (Å²) in [6.07, 6.45) is 0. The summed E-state index contributed by atoms with van der Waals surface area (Å²) in [6, 6.07) is 11.4. The van der Waals surface area contributed by atoms with E-state index < -0.39 is 11.9 Å². The highest BCUT2D eigenvalue weighted by atomic mass is 32.1. The second kappa shape index (κ2) is 5.93. The maximum absolute atomic E-state index is 12.7. The Hall–Kier alpha value is -2.14. The molecule has 1 amide bonds. The molecule has 2 aromatic rings. The summed E-state index contributed by atoms with van der Waals surface area (Å²) in [5.41, 5.74) is 1.75. The number of amides is 1. The van der Waals surface area contributed by atoms with E-state index in [1.165, 1.54) is 0 Å². The smallest absolute Gasteiger partial charge is 0.312 e. The molecule has 114 valence electrons. The number of fused-ring (bicyclic) bond motifs is 1. The van der Waals surface area contributed by atoms with Gasteiger partial charge in [0.1, 0.15) is 0 Å². The number of thiophene rings is 1. The number of nitrogens with zero attached hydrogens (tertiary/aromatic N) is 1. The molecule has 22 heavy (non-hydrogen) atoms. The van der Waals surface area contributed by atoms with Gasteiger partial charge in [0.15, 0.2) is 0 Å². The molecule has 0 saturated carbocycles. The lowest BCUT2D eigenvalue weighted by Crippen LogP contribution is -2.42. The van der Waals surface area contributed by atoms with E-state index in [0.717, 1.165) is 16.0 Å². The third-order valence-electron chi connectivity index (χ3n) is 4.14. The van der Waals surface area contributed by atoms with Crippen molar-refractivity contribution in [2.24, 2.45) is 0 Å². The van der Waals surface area contributed by atoms with Gasteiger partial charge in [-0.2, -0.15) is 0 Å². The predicted molar refractivity (Wildman–Crippen MR) is 85.0 cm³/mol. The number of rotatable bonds is 3. The molecule has 1 aliphatic rings. The highest BCUT2D eigenvalue weighted by molar-refractivity contribution is 7.10. The van der Waals surface area contributed by atoms with E-state index in [1.54, 1.807) is 16.2 Å². The third kappa shape index (κ3) is 2.64. The SMILES string of the molecule is CC(C(=O)N1Cc2ccccc2C(C(=O)O)C1)c1cccs1. The number of benzene rings is 1. The molecule has 1 aromatic carbocycles. The lowest BCUT2D eigenvalue weighted by Gasteiger charge is -2.34. The summed E-state index contributed by atoms with van der Waals surface area (Å²) in [7, 11) is 0. The fourth-order valence-corrected chi connectivity index (χ4v) is 3.70. The number of carboxylic acids is 1. The van der Waals surface area contributed by atoms with E-state index >= 15 is 0 Å². The maximum Gasteiger partial charge on any atom is 0.312 e. The molecule has 0 aliphatic carbocycles. The average molecular weight is 315 g/mol. The third-order valence-corrected chi connectivity index (χ3v) is 5.20. The number of carboxylic acid groups (broad SMARTS) is 1. The fraction of sp³-hybridized carbons (Fsp3) is 0.294. The molecule has 2 heterocycles. The average Bonchev–Trinajstić information content (AvgIpc) is 3.06. The summed E-state index contributed by atoms with van der Waals surface area (Å²) in [6.45, 7) is 2.60.